The zero-order valence-electron chi connectivity index (χ0n) is 25.1. The molecule has 0 bridgehead atoms. The molecular weight excluding hydrogens is 645 g/mol. The predicted octanol–water partition coefficient (Wildman–Crippen LogP) is 5.88. The van der Waals surface area contributed by atoms with Crippen LogP contribution in [0.3, 0.4) is 0 Å². The number of nitrogens with one attached hydrogen (secondary N) is 2. The second-order valence-corrected chi connectivity index (χ2v) is 12.6. The van der Waals surface area contributed by atoms with Gasteiger partial charge in [-0.3, -0.25) is 4.90 Å². The molecule has 3 N–H and O–H groups in total. The van der Waals surface area contributed by atoms with E-state index < -0.39 is 12.1 Å². The minimum Gasteiger partial charge on any atom is -0.493 e. The largest absolute Gasteiger partial charge is 0.493 e. The molecule has 242 valence electrons. The Bertz CT molecular complexity index is 1310. The molecule has 3 unspecified atom stereocenters. The lowest BCUT2D eigenvalue weighted by atomic mass is 9.65. The van der Waals surface area contributed by atoms with Crippen LogP contribution < -0.4 is 20.1 Å². The van der Waals surface area contributed by atoms with E-state index in [1.807, 2.05) is 30.3 Å². The number of carbonyl (C=O) groups excluding carboxylic acids is 1. The van der Waals surface area contributed by atoms with Crippen molar-refractivity contribution in [2.45, 2.75) is 68.2 Å². The summed E-state index contributed by atoms with van der Waals surface area (Å²) < 4.78 is 43.9. The fourth-order valence-electron chi connectivity index (χ4n) is 6.88. The zero-order chi connectivity index (χ0) is 32.1. The third kappa shape index (κ3) is 7.97. The number of carboxylic acids is 1. The second kappa shape index (κ2) is 14.4. The number of fused-ring (bicyclic) bond motifs is 1. The van der Waals surface area contributed by atoms with Crippen molar-refractivity contribution >= 4 is 33.6 Å². The number of ether oxygens (including phenoxy) is 2. The number of nitrogens with zero attached hydrogens (tertiary/aromatic N) is 2. The molecule has 3 atom stereocenters. The summed E-state index contributed by atoms with van der Waals surface area (Å²) >= 11 is 3.48. The topological polar surface area (TPSA) is 103 Å². The number of alkyl halides is 3. The van der Waals surface area contributed by atoms with E-state index in [4.69, 9.17) is 19.4 Å². The predicted molar refractivity (Wildman–Crippen MR) is 164 cm³/mol. The van der Waals surface area contributed by atoms with Crippen molar-refractivity contribution < 1.29 is 37.3 Å². The summed E-state index contributed by atoms with van der Waals surface area (Å²) in [5.41, 5.74) is 2.18. The van der Waals surface area contributed by atoms with E-state index >= 15 is 0 Å². The fourth-order valence-corrected chi connectivity index (χ4v) is 7.28. The maximum Gasteiger partial charge on any atom is 0.490 e. The molecule has 1 saturated carbocycles. The SMILES string of the molecule is COc1ccc(C23CCC(NC(=O)Nc4cccc(Br)c4)CC2N(C2CCN(C)CC2)CC3)cc1OC.O=C(O)C(F)(F)F. The molecule has 2 aromatic rings. The maximum atomic E-state index is 12.9. The van der Waals surface area contributed by atoms with Gasteiger partial charge in [0.1, 0.15) is 0 Å². The number of rotatable bonds is 6. The molecule has 13 heteroatoms. The maximum absolute atomic E-state index is 12.9. The highest BCUT2D eigenvalue weighted by Gasteiger charge is 2.53. The first-order chi connectivity index (χ1) is 20.9. The quantitative estimate of drug-likeness (QED) is 0.349. The van der Waals surface area contributed by atoms with Crippen LogP contribution in [0.15, 0.2) is 46.9 Å². The highest BCUT2D eigenvalue weighted by atomic mass is 79.9. The third-order valence-corrected chi connectivity index (χ3v) is 9.57. The van der Waals surface area contributed by atoms with Crippen LogP contribution in [0.5, 0.6) is 11.5 Å². The third-order valence-electron chi connectivity index (χ3n) is 9.08. The van der Waals surface area contributed by atoms with E-state index in [0.717, 1.165) is 67.0 Å². The van der Waals surface area contributed by atoms with Gasteiger partial charge in [0.15, 0.2) is 11.5 Å². The highest BCUT2D eigenvalue weighted by Crippen LogP contribution is 2.51. The molecule has 2 aliphatic heterocycles. The van der Waals surface area contributed by atoms with Gasteiger partial charge in [-0.25, -0.2) is 9.59 Å². The van der Waals surface area contributed by atoms with E-state index in [1.165, 1.54) is 18.4 Å². The molecule has 2 heterocycles. The van der Waals surface area contributed by atoms with Crippen LogP contribution in [0.25, 0.3) is 0 Å². The standard InChI is InChI=1S/C29H39BrN4O3.C2HF3O2/c1-33-14-10-24(11-15-33)34-16-13-29(20-7-8-25(36-2)26(17-20)37-3)12-9-23(19-27(29)34)32-28(35)31-22-6-4-5-21(30)18-22;3-2(4,5)1(6)7/h4-8,17-18,23-24,27H,9-16,19H2,1-3H3,(H2,31,32,35);(H,6,7). The van der Waals surface area contributed by atoms with Gasteiger partial charge >= 0.3 is 18.2 Å². The summed E-state index contributed by atoms with van der Waals surface area (Å²) in [6.45, 7) is 3.40. The Kier molecular flexibility index (Phi) is 11.1. The van der Waals surface area contributed by atoms with Crippen molar-refractivity contribution in [3.05, 3.63) is 52.5 Å². The Morgan fingerprint density at radius 2 is 1.68 bits per heavy atom. The van der Waals surface area contributed by atoms with E-state index in [0.29, 0.717) is 12.1 Å². The molecular formula is C31H40BrF3N4O5. The number of methoxy groups -OCH3 is 2. The fraction of sp³-hybridized carbons (Fsp3) is 0.548. The summed E-state index contributed by atoms with van der Waals surface area (Å²) in [5, 5.41) is 13.4. The average molecular weight is 686 g/mol. The second-order valence-electron chi connectivity index (χ2n) is 11.6. The molecule has 0 spiro atoms. The normalized spacial score (nSPS) is 24.4. The van der Waals surface area contributed by atoms with Crippen molar-refractivity contribution in [3.63, 3.8) is 0 Å². The molecule has 0 aromatic heterocycles. The molecule has 44 heavy (non-hydrogen) atoms. The van der Waals surface area contributed by atoms with Crippen molar-refractivity contribution in [1.82, 2.24) is 15.1 Å². The summed E-state index contributed by atoms with van der Waals surface area (Å²) in [7, 11) is 5.62. The minimum absolute atomic E-state index is 0.0574. The number of aliphatic carboxylic acids is 1. The van der Waals surface area contributed by atoms with Crippen LogP contribution in [0.2, 0.25) is 0 Å². The average Bonchev–Trinajstić information content (AvgIpc) is 3.37. The number of hydrogen-bond donors (Lipinski definition) is 3. The van der Waals surface area contributed by atoms with E-state index in [1.54, 1.807) is 14.2 Å². The lowest BCUT2D eigenvalue weighted by Crippen LogP contribution is -2.56. The Balaban J connectivity index is 0.000000566. The highest BCUT2D eigenvalue weighted by molar-refractivity contribution is 9.10. The van der Waals surface area contributed by atoms with Gasteiger partial charge in [0.2, 0.25) is 0 Å². The summed E-state index contributed by atoms with van der Waals surface area (Å²) in [4.78, 5) is 27.0. The van der Waals surface area contributed by atoms with Crippen LogP contribution in [-0.2, 0) is 10.2 Å². The molecule has 3 fully saturated rings. The first-order valence-electron chi connectivity index (χ1n) is 14.7. The van der Waals surface area contributed by atoms with E-state index in [9.17, 15) is 18.0 Å². The van der Waals surface area contributed by atoms with Crippen LogP contribution >= 0.6 is 15.9 Å². The minimum atomic E-state index is -5.08. The Morgan fingerprint density at radius 3 is 2.30 bits per heavy atom. The lowest BCUT2D eigenvalue weighted by Gasteiger charge is -2.48. The number of amides is 2. The molecule has 5 rings (SSSR count). The molecule has 1 aliphatic carbocycles. The van der Waals surface area contributed by atoms with Gasteiger partial charge in [0.25, 0.3) is 0 Å². The Labute approximate surface area is 264 Å². The first-order valence-corrected chi connectivity index (χ1v) is 15.5. The number of anilines is 1. The van der Waals surface area contributed by atoms with E-state index in [-0.39, 0.29) is 17.5 Å². The molecule has 9 nitrogen and oxygen atoms in total. The monoisotopic (exact) mass is 684 g/mol. The lowest BCUT2D eigenvalue weighted by molar-refractivity contribution is -0.192. The van der Waals surface area contributed by atoms with Crippen LogP contribution in [0.1, 0.15) is 44.1 Å². The van der Waals surface area contributed by atoms with Gasteiger partial charge in [-0.1, -0.05) is 28.1 Å². The van der Waals surface area contributed by atoms with Crippen LogP contribution in [0.4, 0.5) is 23.7 Å². The van der Waals surface area contributed by atoms with Crippen molar-refractivity contribution in [2.24, 2.45) is 0 Å². The summed E-state index contributed by atoms with van der Waals surface area (Å²) in [5.74, 6) is -1.20. The number of urea groups is 1. The summed E-state index contributed by atoms with van der Waals surface area (Å²) in [6, 6.07) is 15.2. The van der Waals surface area contributed by atoms with Gasteiger partial charge in [0.05, 0.1) is 14.2 Å². The van der Waals surface area contributed by atoms with Gasteiger partial charge in [-0.2, -0.15) is 13.2 Å². The number of carbonyl (C=O) groups is 2. The van der Waals surface area contributed by atoms with Gasteiger partial charge < -0.3 is 30.1 Å². The van der Waals surface area contributed by atoms with Crippen molar-refractivity contribution in [3.8, 4) is 11.5 Å². The molecule has 2 amide bonds. The van der Waals surface area contributed by atoms with Gasteiger partial charge in [-0.05, 0) is 101 Å². The molecule has 3 aliphatic rings. The first kappa shape index (κ1) is 33.9. The van der Waals surface area contributed by atoms with Crippen molar-refractivity contribution in [1.29, 1.82) is 0 Å². The number of piperidine rings is 1. The zero-order valence-corrected chi connectivity index (χ0v) is 26.7. The molecule has 0 radical (unpaired) electrons. The number of halogens is 4. The Hall–Kier alpha value is -3.03. The number of carboxylic acid groups (broad SMARTS) is 1. The Morgan fingerprint density at radius 1 is 1.00 bits per heavy atom. The molecule has 2 saturated heterocycles. The number of hydrogen-bond acceptors (Lipinski definition) is 6. The number of benzene rings is 2. The van der Waals surface area contributed by atoms with Crippen molar-refractivity contribution in [2.75, 3.05) is 46.2 Å². The molecule has 2 aromatic carbocycles. The van der Waals surface area contributed by atoms with Gasteiger partial charge in [0, 0.05) is 33.7 Å². The number of likely N-dealkylation sites (tertiary alicyclic amines) is 2. The summed E-state index contributed by atoms with van der Waals surface area (Å²) in [6.07, 6.45) is 1.41. The van der Waals surface area contributed by atoms with Crippen LogP contribution in [-0.4, -0.2) is 92.1 Å². The smallest absolute Gasteiger partial charge is 0.490 e. The van der Waals surface area contributed by atoms with Crippen LogP contribution in [0, 0.1) is 0 Å². The van der Waals surface area contributed by atoms with E-state index in [2.05, 4.69) is 55.5 Å². The van der Waals surface area contributed by atoms with Gasteiger partial charge in [-0.15, -0.1) is 0 Å².